The lowest BCUT2D eigenvalue weighted by Gasteiger charge is -2.13. The highest BCUT2D eigenvalue weighted by Crippen LogP contribution is 2.34. The third-order valence-electron chi connectivity index (χ3n) is 4.08. The van der Waals surface area contributed by atoms with Gasteiger partial charge < -0.3 is 10.0 Å². The van der Waals surface area contributed by atoms with Crippen LogP contribution in [-0.4, -0.2) is 50.7 Å². The summed E-state index contributed by atoms with van der Waals surface area (Å²) in [5.74, 6) is -1.99. The minimum absolute atomic E-state index is 0.0201. The summed E-state index contributed by atoms with van der Waals surface area (Å²) in [5, 5.41) is 12.7. The van der Waals surface area contributed by atoms with Crippen molar-refractivity contribution in [2.45, 2.75) is 6.18 Å². The second kappa shape index (κ2) is 7.38. The van der Waals surface area contributed by atoms with Crippen LogP contribution in [0.1, 0.15) is 26.4 Å². The molecule has 10 heteroatoms. The summed E-state index contributed by atoms with van der Waals surface area (Å²) >= 11 is 0. The Kier molecular flexibility index (Phi) is 5.10. The number of carboxylic acids is 1. The van der Waals surface area contributed by atoms with Gasteiger partial charge in [-0.25, -0.2) is 9.48 Å². The molecule has 0 radical (unpaired) electrons. The van der Waals surface area contributed by atoms with Gasteiger partial charge in [0.15, 0.2) is 5.69 Å². The molecule has 2 aromatic heterocycles. The molecule has 29 heavy (non-hydrogen) atoms. The second-order valence-corrected chi connectivity index (χ2v) is 6.33. The molecule has 3 rings (SSSR count). The Bertz CT molecular complexity index is 1090. The maximum atomic E-state index is 13.5. The minimum Gasteiger partial charge on any atom is -0.478 e. The summed E-state index contributed by atoms with van der Waals surface area (Å²) < 4.78 is 40.9. The number of carbonyl (C=O) groups excluding carboxylic acids is 1. The third kappa shape index (κ3) is 3.96. The number of amides is 1. The van der Waals surface area contributed by atoms with Crippen LogP contribution >= 0.6 is 0 Å². The summed E-state index contributed by atoms with van der Waals surface area (Å²) in [4.78, 5) is 28.7. The molecule has 0 atom stereocenters. The number of hydrogen-bond acceptors (Lipinski definition) is 4. The first-order valence-electron chi connectivity index (χ1n) is 8.25. The van der Waals surface area contributed by atoms with Gasteiger partial charge in [0.25, 0.3) is 5.91 Å². The Balaban J connectivity index is 2.10. The number of rotatable bonds is 4. The molecule has 1 aromatic carbocycles. The van der Waals surface area contributed by atoms with Crippen molar-refractivity contribution >= 4 is 11.9 Å². The quantitative estimate of drug-likeness (QED) is 0.721. The first kappa shape index (κ1) is 20.1. The molecule has 0 saturated heterocycles. The highest BCUT2D eigenvalue weighted by atomic mass is 19.4. The Morgan fingerprint density at radius 2 is 1.79 bits per heavy atom. The molecule has 7 nitrogen and oxygen atoms in total. The molecule has 0 spiro atoms. The van der Waals surface area contributed by atoms with Crippen LogP contribution in [0.3, 0.4) is 0 Å². The van der Waals surface area contributed by atoms with Crippen LogP contribution in [0.5, 0.6) is 0 Å². The zero-order chi connectivity index (χ0) is 21.3. The number of nitrogens with zero attached hydrogens (tertiary/aromatic N) is 4. The Hall–Kier alpha value is -3.69. The topological polar surface area (TPSA) is 88.3 Å². The predicted octanol–water partition coefficient (Wildman–Crippen LogP) is 3.35. The fourth-order valence-corrected chi connectivity index (χ4v) is 2.76. The third-order valence-corrected chi connectivity index (χ3v) is 4.08. The lowest BCUT2D eigenvalue weighted by atomic mass is 10.0. The summed E-state index contributed by atoms with van der Waals surface area (Å²) in [5.41, 5.74) is -0.976. The molecule has 0 aliphatic heterocycles. The first-order chi connectivity index (χ1) is 13.6. The molecule has 1 N–H and O–H groups in total. The van der Waals surface area contributed by atoms with E-state index in [1.165, 1.54) is 35.5 Å². The molecule has 2 heterocycles. The number of alkyl halides is 3. The lowest BCUT2D eigenvalue weighted by molar-refractivity contribution is -0.143. The van der Waals surface area contributed by atoms with Crippen LogP contribution < -0.4 is 0 Å². The van der Waals surface area contributed by atoms with Crippen molar-refractivity contribution in [2.75, 3.05) is 14.1 Å². The van der Waals surface area contributed by atoms with Gasteiger partial charge in [-0.15, -0.1) is 0 Å². The van der Waals surface area contributed by atoms with Crippen LogP contribution in [0.2, 0.25) is 0 Å². The van der Waals surface area contributed by atoms with E-state index >= 15 is 0 Å². The molecule has 1 amide bonds. The van der Waals surface area contributed by atoms with Crippen molar-refractivity contribution < 1.29 is 27.9 Å². The number of halogens is 3. The second-order valence-electron chi connectivity index (χ2n) is 6.33. The number of carbonyl (C=O) groups is 2. The van der Waals surface area contributed by atoms with E-state index in [-0.39, 0.29) is 11.6 Å². The average molecular weight is 404 g/mol. The fraction of sp³-hybridized carbons (Fsp3) is 0.158. The van der Waals surface area contributed by atoms with Crippen molar-refractivity contribution in [1.82, 2.24) is 19.7 Å². The molecular formula is C19H15F3N4O3. The first-order valence-corrected chi connectivity index (χ1v) is 8.25. The minimum atomic E-state index is -4.92. The maximum absolute atomic E-state index is 13.5. The normalized spacial score (nSPS) is 11.3. The molecular weight excluding hydrogens is 389 g/mol. The van der Waals surface area contributed by atoms with Crippen LogP contribution in [0.4, 0.5) is 13.2 Å². The monoisotopic (exact) mass is 404 g/mol. The van der Waals surface area contributed by atoms with Crippen molar-refractivity contribution in [2.24, 2.45) is 0 Å². The Labute approximate surface area is 163 Å². The van der Waals surface area contributed by atoms with Gasteiger partial charge in [0, 0.05) is 32.1 Å². The molecule has 0 unspecified atom stereocenters. The summed E-state index contributed by atoms with van der Waals surface area (Å²) in [6.45, 7) is 0. The molecule has 150 valence electrons. The largest absolute Gasteiger partial charge is 0.478 e. The number of aromatic carboxylic acids is 1. The van der Waals surface area contributed by atoms with E-state index in [9.17, 15) is 22.8 Å². The van der Waals surface area contributed by atoms with E-state index in [0.717, 1.165) is 0 Å². The molecule has 0 aliphatic rings. The van der Waals surface area contributed by atoms with Crippen LogP contribution in [0.25, 0.3) is 16.8 Å². The van der Waals surface area contributed by atoms with E-state index < -0.39 is 23.4 Å². The van der Waals surface area contributed by atoms with Gasteiger partial charge in [-0.3, -0.25) is 9.78 Å². The maximum Gasteiger partial charge on any atom is 0.434 e. The summed E-state index contributed by atoms with van der Waals surface area (Å²) in [6.07, 6.45) is -1.39. The van der Waals surface area contributed by atoms with Crippen LogP contribution in [-0.2, 0) is 6.18 Å². The average Bonchev–Trinajstić information content (AvgIpc) is 3.13. The van der Waals surface area contributed by atoms with E-state index in [2.05, 4.69) is 10.1 Å². The molecule has 0 saturated carbocycles. The smallest absolute Gasteiger partial charge is 0.434 e. The summed E-state index contributed by atoms with van der Waals surface area (Å²) in [7, 11) is 3.18. The van der Waals surface area contributed by atoms with Gasteiger partial charge in [-0.1, -0.05) is 12.1 Å². The number of pyridine rings is 1. The lowest BCUT2D eigenvalue weighted by Crippen LogP contribution is -2.21. The van der Waals surface area contributed by atoms with E-state index in [4.69, 9.17) is 5.11 Å². The predicted molar refractivity (Wildman–Crippen MR) is 96.8 cm³/mol. The van der Waals surface area contributed by atoms with Gasteiger partial charge in [0.05, 0.1) is 17.4 Å². The van der Waals surface area contributed by atoms with E-state index in [1.54, 1.807) is 26.2 Å². The number of carboxylic acid groups (broad SMARTS) is 1. The standard InChI is InChI=1S/C19H15F3N4O3/c1-25(2)17(27)13-6-12(8-23-9-13)11-4-3-5-14(7-11)26-16(19(20,21)22)15(10-24-26)18(28)29/h3-10H,1-2H3,(H,28,29). The highest BCUT2D eigenvalue weighted by Gasteiger charge is 2.40. The number of hydrogen-bond donors (Lipinski definition) is 1. The van der Waals surface area contributed by atoms with E-state index in [0.29, 0.717) is 27.6 Å². The van der Waals surface area contributed by atoms with Crippen molar-refractivity contribution in [3.8, 4) is 16.8 Å². The Morgan fingerprint density at radius 3 is 2.41 bits per heavy atom. The van der Waals surface area contributed by atoms with Crippen molar-refractivity contribution in [1.29, 1.82) is 0 Å². The summed E-state index contributed by atoms with van der Waals surface area (Å²) in [6, 6.07) is 7.51. The van der Waals surface area contributed by atoms with Gasteiger partial charge in [-0.2, -0.15) is 18.3 Å². The van der Waals surface area contributed by atoms with E-state index in [1.807, 2.05) is 0 Å². The van der Waals surface area contributed by atoms with Crippen LogP contribution in [0.15, 0.2) is 48.9 Å². The molecule has 3 aromatic rings. The van der Waals surface area contributed by atoms with Crippen molar-refractivity contribution in [3.05, 3.63) is 65.7 Å². The number of aromatic nitrogens is 3. The molecule has 0 fully saturated rings. The molecule has 0 bridgehead atoms. The zero-order valence-electron chi connectivity index (χ0n) is 15.3. The highest BCUT2D eigenvalue weighted by molar-refractivity contribution is 5.94. The Morgan fingerprint density at radius 1 is 1.07 bits per heavy atom. The van der Waals surface area contributed by atoms with Crippen LogP contribution in [0, 0.1) is 0 Å². The van der Waals surface area contributed by atoms with Crippen molar-refractivity contribution in [3.63, 3.8) is 0 Å². The van der Waals surface area contributed by atoms with Gasteiger partial charge in [-0.05, 0) is 23.8 Å². The van der Waals surface area contributed by atoms with Gasteiger partial charge >= 0.3 is 12.1 Å². The van der Waals surface area contributed by atoms with Gasteiger partial charge in [0.2, 0.25) is 0 Å². The molecule has 0 aliphatic carbocycles. The number of benzene rings is 1. The van der Waals surface area contributed by atoms with Gasteiger partial charge in [0.1, 0.15) is 5.56 Å². The SMILES string of the molecule is CN(C)C(=O)c1cncc(-c2cccc(-n3ncc(C(=O)O)c3C(F)(F)F)c2)c1. The fourth-order valence-electron chi connectivity index (χ4n) is 2.76. The zero-order valence-corrected chi connectivity index (χ0v) is 15.3.